The number of hydrogen-bond acceptors (Lipinski definition) is 2. The number of carbonyl (C=O) groups is 1. The fourth-order valence-electron chi connectivity index (χ4n) is 2.30. The summed E-state index contributed by atoms with van der Waals surface area (Å²) in [6, 6.07) is 3.98. The largest absolute Gasteiger partial charge is 0.398 e. The number of nitrogen functional groups attached to an aromatic ring is 1. The van der Waals surface area contributed by atoms with Crippen molar-refractivity contribution in [2.24, 2.45) is 0 Å². The second-order valence-electron chi connectivity index (χ2n) is 5.44. The van der Waals surface area contributed by atoms with Crippen LogP contribution in [0.5, 0.6) is 0 Å². The Labute approximate surface area is 127 Å². The van der Waals surface area contributed by atoms with E-state index in [1.807, 2.05) is 4.90 Å². The van der Waals surface area contributed by atoms with Gasteiger partial charge in [0.2, 0.25) is 0 Å². The smallest absolute Gasteiger partial charge is 0.256 e. The molecular formula is C17H27FN2O. The number of halogens is 1. The van der Waals surface area contributed by atoms with Gasteiger partial charge in [0.1, 0.15) is 5.82 Å². The molecule has 0 fully saturated rings. The molecule has 0 aliphatic heterocycles. The van der Waals surface area contributed by atoms with E-state index < -0.39 is 5.82 Å². The Morgan fingerprint density at radius 2 is 1.67 bits per heavy atom. The molecule has 0 heterocycles. The summed E-state index contributed by atoms with van der Waals surface area (Å²) in [7, 11) is 0. The lowest BCUT2D eigenvalue weighted by Crippen LogP contribution is -2.33. The summed E-state index contributed by atoms with van der Waals surface area (Å²) in [6.45, 7) is 5.69. The zero-order chi connectivity index (χ0) is 15.7. The van der Waals surface area contributed by atoms with Crippen LogP contribution in [0, 0.1) is 5.82 Å². The molecule has 1 aromatic rings. The Balaban J connectivity index is 2.79. The Bertz CT molecular complexity index is 438. The molecule has 3 nitrogen and oxygen atoms in total. The van der Waals surface area contributed by atoms with Crippen molar-refractivity contribution in [1.29, 1.82) is 0 Å². The maximum atomic E-state index is 13.4. The van der Waals surface area contributed by atoms with Gasteiger partial charge in [0.25, 0.3) is 5.91 Å². The van der Waals surface area contributed by atoms with E-state index in [4.69, 9.17) is 5.73 Å². The average molecular weight is 294 g/mol. The van der Waals surface area contributed by atoms with E-state index in [1.165, 1.54) is 18.2 Å². The van der Waals surface area contributed by atoms with Crippen LogP contribution < -0.4 is 5.73 Å². The molecule has 0 saturated carbocycles. The Morgan fingerprint density at radius 3 is 2.19 bits per heavy atom. The predicted molar refractivity (Wildman–Crippen MR) is 85.8 cm³/mol. The molecule has 1 aromatic carbocycles. The fraction of sp³-hybridized carbons (Fsp3) is 0.588. The third-order valence-corrected chi connectivity index (χ3v) is 3.60. The zero-order valence-corrected chi connectivity index (χ0v) is 13.2. The van der Waals surface area contributed by atoms with E-state index in [1.54, 1.807) is 0 Å². The summed E-state index contributed by atoms with van der Waals surface area (Å²) in [5.41, 5.74) is 6.45. The first-order chi connectivity index (χ1) is 10.1. The zero-order valence-electron chi connectivity index (χ0n) is 13.2. The van der Waals surface area contributed by atoms with Crippen LogP contribution in [0.4, 0.5) is 10.1 Å². The topological polar surface area (TPSA) is 46.3 Å². The molecule has 0 atom stereocenters. The van der Waals surface area contributed by atoms with Gasteiger partial charge in [0, 0.05) is 18.8 Å². The van der Waals surface area contributed by atoms with E-state index in [0.717, 1.165) is 38.5 Å². The fourth-order valence-corrected chi connectivity index (χ4v) is 2.30. The molecule has 0 unspecified atom stereocenters. The molecule has 0 aliphatic carbocycles. The summed E-state index contributed by atoms with van der Waals surface area (Å²) in [5.74, 6) is -0.575. The van der Waals surface area contributed by atoms with Gasteiger partial charge >= 0.3 is 0 Å². The van der Waals surface area contributed by atoms with Crippen molar-refractivity contribution < 1.29 is 9.18 Å². The number of anilines is 1. The molecule has 1 amide bonds. The molecular weight excluding hydrogens is 267 g/mol. The predicted octanol–water partition coefficient (Wildman–Crippen LogP) is 4.23. The number of carbonyl (C=O) groups excluding carboxylic acids is 1. The SMILES string of the molecule is CCCCCN(CCCCC)C(=O)c1cc(F)ccc1N. The van der Waals surface area contributed by atoms with Crippen molar-refractivity contribution in [1.82, 2.24) is 4.90 Å². The van der Waals surface area contributed by atoms with Crippen LogP contribution in [0.2, 0.25) is 0 Å². The van der Waals surface area contributed by atoms with Crippen molar-refractivity contribution in [3.05, 3.63) is 29.6 Å². The number of nitrogens with two attached hydrogens (primary N) is 1. The summed E-state index contributed by atoms with van der Waals surface area (Å²) in [4.78, 5) is 14.4. The van der Waals surface area contributed by atoms with Gasteiger partial charge < -0.3 is 10.6 Å². The summed E-state index contributed by atoms with van der Waals surface area (Å²) >= 11 is 0. The van der Waals surface area contributed by atoms with Crippen LogP contribution in [0.15, 0.2) is 18.2 Å². The van der Waals surface area contributed by atoms with Crippen molar-refractivity contribution in [3.63, 3.8) is 0 Å². The van der Waals surface area contributed by atoms with E-state index in [9.17, 15) is 9.18 Å². The van der Waals surface area contributed by atoms with E-state index in [-0.39, 0.29) is 11.5 Å². The Hall–Kier alpha value is -1.58. The Morgan fingerprint density at radius 1 is 1.10 bits per heavy atom. The molecule has 4 heteroatoms. The lowest BCUT2D eigenvalue weighted by atomic mass is 10.1. The molecule has 0 aromatic heterocycles. The Kier molecular flexibility index (Phi) is 7.80. The third-order valence-electron chi connectivity index (χ3n) is 3.60. The summed E-state index contributed by atoms with van der Waals surface area (Å²) < 4.78 is 13.4. The van der Waals surface area contributed by atoms with Crippen molar-refractivity contribution in [3.8, 4) is 0 Å². The molecule has 0 aliphatic rings. The molecule has 0 bridgehead atoms. The molecule has 0 saturated heterocycles. The maximum Gasteiger partial charge on any atom is 0.256 e. The van der Waals surface area contributed by atoms with Gasteiger partial charge in [-0.25, -0.2) is 4.39 Å². The summed E-state index contributed by atoms with van der Waals surface area (Å²) in [6.07, 6.45) is 6.36. The second kappa shape index (κ2) is 9.37. The van der Waals surface area contributed by atoms with Crippen LogP contribution >= 0.6 is 0 Å². The highest BCUT2D eigenvalue weighted by atomic mass is 19.1. The van der Waals surface area contributed by atoms with Gasteiger partial charge in [-0.2, -0.15) is 0 Å². The van der Waals surface area contributed by atoms with E-state index in [0.29, 0.717) is 18.8 Å². The van der Waals surface area contributed by atoms with E-state index >= 15 is 0 Å². The van der Waals surface area contributed by atoms with Gasteiger partial charge in [-0.15, -0.1) is 0 Å². The third kappa shape index (κ3) is 5.74. The molecule has 118 valence electrons. The highest BCUT2D eigenvalue weighted by Crippen LogP contribution is 2.17. The van der Waals surface area contributed by atoms with Gasteiger partial charge in [-0.1, -0.05) is 39.5 Å². The molecule has 1 rings (SSSR count). The lowest BCUT2D eigenvalue weighted by Gasteiger charge is -2.23. The minimum absolute atomic E-state index is 0.154. The number of nitrogens with zero attached hydrogens (tertiary/aromatic N) is 1. The number of hydrogen-bond donors (Lipinski definition) is 1. The highest BCUT2D eigenvalue weighted by Gasteiger charge is 2.18. The number of rotatable bonds is 9. The molecule has 0 spiro atoms. The van der Waals surface area contributed by atoms with Gasteiger partial charge in [0.05, 0.1) is 5.56 Å². The molecule has 21 heavy (non-hydrogen) atoms. The first kappa shape index (κ1) is 17.5. The van der Waals surface area contributed by atoms with Gasteiger partial charge in [-0.05, 0) is 31.0 Å². The second-order valence-corrected chi connectivity index (χ2v) is 5.44. The quantitative estimate of drug-likeness (QED) is 0.547. The van der Waals surface area contributed by atoms with Crippen molar-refractivity contribution in [2.45, 2.75) is 52.4 Å². The maximum absolute atomic E-state index is 13.4. The van der Waals surface area contributed by atoms with Gasteiger partial charge in [0.15, 0.2) is 0 Å². The van der Waals surface area contributed by atoms with Crippen molar-refractivity contribution in [2.75, 3.05) is 18.8 Å². The minimum atomic E-state index is -0.422. The first-order valence-electron chi connectivity index (χ1n) is 7.94. The van der Waals surface area contributed by atoms with Crippen LogP contribution in [-0.2, 0) is 0 Å². The number of unbranched alkanes of at least 4 members (excludes halogenated alkanes) is 4. The number of benzene rings is 1. The highest BCUT2D eigenvalue weighted by molar-refractivity contribution is 5.99. The monoisotopic (exact) mass is 294 g/mol. The van der Waals surface area contributed by atoms with Crippen LogP contribution in [-0.4, -0.2) is 23.9 Å². The standard InChI is InChI=1S/C17H27FN2O/c1-3-5-7-11-20(12-8-6-4-2)17(21)15-13-14(18)9-10-16(15)19/h9-10,13H,3-8,11-12,19H2,1-2H3. The normalized spacial score (nSPS) is 10.6. The molecule has 0 radical (unpaired) electrons. The van der Waals surface area contributed by atoms with Crippen LogP contribution in [0.3, 0.4) is 0 Å². The number of amides is 1. The van der Waals surface area contributed by atoms with Crippen molar-refractivity contribution >= 4 is 11.6 Å². The van der Waals surface area contributed by atoms with E-state index in [2.05, 4.69) is 13.8 Å². The minimum Gasteiger partial charge on any atom is -0.398 e. The lowest BCUT2D eigenvalue weighted by molar-refractivity contribution is 0.0750. The van der Waals surface area contributed by atoms with Gasteiger partial charge in [-0.3, -0.25) is 4.79 Å². The average Bonchev–Trinajstić information content (AvgIpc) is 2.48. The first-order valence-corrected chi connectivity index (χ1v) is 7.94. The van der Waals surface area contributed by atoms with Crippen LogP contribution in [0.25, 0.3) is 0 Å². The molecule has 2 N–H and O–H groups in total. The van der Waals surface area contributed by atoms with Crippen LogP contribution in [0.1, 0.15) is 62.7 Å². The summed E-state index contributed by atoms with van der Waals surface area (Å²) in [5, 5.41) is 0.